The van der Waals surface area contributed by atoms with Crippen LogP contribution < -0.4 is 21.7 Å². The van der Waals surface area contributed by atoms with Crippen molar-refractivity contribution in [2.45, 2.75) is 6.17 Å². The molecule has 0 fully saturated rings. The van der Waals surface area contributed by atoms with E-state index in [2.05, 4.69) is 15.3 Å². The number of carbonyl (C=O) groups is 1. The van der Waals surface area contributed by atoms with Crippen LogP contribution >= 0.6 is 11.6 Å². The summed E-state index contributed by atoms with van der Waals surface area (Å²) in [4.78, 5) is 32.5. The zero-order chi connectivity index (χ0) is 20.3. The highest BCUT2D eigenvalue weighted by Gasteiger charge is 2.26. The summed E-state index contributed by atoms with van der Waals surface area (Å²) in [5, 5.41) is 14.1. The van der Waals surface area contributed by atoms with Crippen molar-refractivity contribution in [3.8, 4) is 0 Å². The van der Waals surface area contributed by atoms with Crippen LogP contribution in [0.1, 0.15) is 10.4 Å². The van der Waals surface area contributed by atoms with Crippen LogP contribution in [0.5, 0.6) is 0 Å². The lowest BCUT2D eigenvalue weighted by Crippen LogP contribution is -2.52. The van der Waals surface area contributed by atoms with Gasteiger partial charge in [-0.15, -0.1) is 0 Å². The quantitative estimate of drug-likeness (QED) is 0.509. The molecule has 5 N–H and O–H groups in total. The molecule has 0 aromatic heterocycles. The van der Waals surface area contributed by atoms with E-state index >= 15 is 0 Å². The first-order chi connectivity index (χ1) is 13.3. The molecular weight excluding hydrogens is 386 g/mol. The maximum Gasteiger partial charge on any atom is 0.270 e. The van der Waals surface area contributed by atoms with Gasteiger partial charge < -0.3 is 16.8 Å². The van der Waals surface area contributed by atoms with E-state index in [4.69, 9.17) is 23.1 Å². The molecular formula is C17H16ClN7O3. The molecule has 1 atom stereocenters. The molecule has 1 aliphatic heterocycles. The zero-order valence-electron chi connectivity index (χ0n) is 14.4. The Kier molecular flexibility index (Phi) is 5.41. The van der Waals surface area contributed by atoms with Gasteiger partial charge >= 0.3 is 0 Å². The molecule has 0 saturated carbocycles. The van der Waals surface area contributed by atoms with Gasteiger partial charge in [0.05, 0.1) is 11.5 Å². The van der Waals surface area contributed by atoms with Gasteiger partial charge in [-0.3, -0.25) is 19.8 Å². The number of nitrogens with two attached hydrogens (primary N) is 2. The van der Waals surface area contributed by atoms with Gasteiger partial charge in [0.15, 0.2) is 0 Å². The van der Waals surface area contributed by atoms with Crippen molar-refractivity contribution in [1.29, 1.82) is 0 Å². The van der Waals surface area contributed by atoms with Gasteiger partial charge in [0, 0.05) is 28.4 Å². The number of anilines is 1. The number of hydrogen-bond donors (Lipinski definition) is 3. The minimum absolute atomic E-state index is 0.0228. The van der Waals surface area contributed by atoms with Crippen LogP contribution in [-0.2, 0) is 0 Å². The lowest BCUT2D eigenvalue weighted by Gasteiger charge is -2.32. The molecule has 1 heterocycles. The standard InChI is InChI=1S/C17H16ClN7O3/c18-11-4-2-5-12(8-11)24-14(22-16(19)23-17(24)20)9-21-15(26)10-3-1-6-13(7-10)25(27)28/h1-8,14H,9H2,(H,21,26)(H4,19,20,22,23). The first-order valence-corrected chi connectivity index (χ1v) is 8.48. The minimum atomic E-state index is -0.668. The average Bonchev–Trinajstić information content (AvgIpc) is 2.65. The molecule has 0 radical (unpaired) electrons. The van der Waals surface area contributed by atoms with E-state index in [0.29, 0.717) is 10.7 Å². The van der Waals surface area contributed by atoms with Crippen molar-refractivity contribution in [2.75, 3.05) is 11.4 Å². The summed E-state index contributed by atoms with van der Waals surface area (Å²) in [6.07, 6.45) is -0.668. The van der Waals surface area contributed by atoms with Crippen LogP contribution in [0.4, 0.5) is 11.4 Å². The van der Waals surface area contributed by atoms with E-state index in [1.54, 1.807) is 29.2 Å². The van der Waals surface area contributed by atoms with Crippen LogP contribution in [-0.4, -0.2) is 35.5 Å². The molecule has 0 spiro atoms. The summed E-state index contributed by atoms with van der Waals surface area (Å²) >= 11 is 6.04. The third-order valence-corrected chi connectivity index (χ3v) is 4.14. The monoisotopic (exact) mass is 401 g/mol. The third-order valence-electron chi connectivity index (χ3n) is 3.91. The summed E-state index contributed by atoms with van der Waals surface area (Å²) in [7, 11) is 0. The lowest BCUT2D eigenvalue weighted by atomic mass is 10.2. The molecule has 1 aliphatic rings. The summed E-state index contributed by atoms with van der Waals surface area (Å²) < 4.78 is 0. The second kappa shape index (κ2) is 7.92. The summed E-state index contributed by atoms with van der Waals surface area (Å²) in [5.41, 5.74) is 12.3. The van der Waals surface area contributed by atoms with Crippen LogP contribution in [0.15, 0.2) is 58.5 Å². The highest BCUT2D eigenvalue weighted by molar-refractivity contribution is 6.31. The third kappa shape index (κ3) is 4.18. The van der Waals surface area contributed by atoms with Gasteiger partial charge in [0.2, 0.25) is 11.9 Å². The Balaban J connectivity index is 1.79. The number of aliphatic imine (C=N–C) groups is 2. The molecule has 144 valence electrons. The van der Waals surface area contributed by atoms with Gasteiger partial charge in [-0.1, -0.05) is 23.7 Å². The molecule has 2 aromatic rings. The zero-order valence-corrected chi connectivity index (χ0v) is 15.2. The Labute approximate surface area is 164 Å². The van der Waals surface area contributed by atoms with Gasteiger partial charge in [-0.05, 0) is 24.3 Å². The predicted octanol–water partition coefficient (Wildman–Crippen LogP) is 1.45. The highest BCUT2D eigenvalue weighted by Crippen LogP contribution is 2.23. The number of nitrogens with zero attached hydrogens (tertiary/aromatic N) is 4. The molecule has 0 saturated heterocycles. The fourth-order valence-electron chi connectivity index (χ4n) is 2.68. The second-order valence-electron chi connectivity index (χ2n) is 5.81. The molecule has 1 unspecified atom stereocenters. The van der Waals surface area contributed by atoms with Crippen LogP contribution in [0, 0.1) is 10.1 Å². The number of guanidine groups is 2. The molecule has 3 rings (SSSR count). The Morgan fingerprint density at radius 1 is 1.25 bits per heavy atom. The number of non-ortho nitro benzene ring substituents is 1. The van der Waals surface area contributed by atoms with Crippen molar-refractivity contribution < 1.29 is 9.72 Å². The topological polar surface area (TPSA) is 152 Å². The first kappa shape index (κ1) is 19.1. The molecule has 0 bridgehead atoms. The number of amides is 1. The highest BCUT2D eigenvalue weighted by atomic mass is 35.5. The number of benzene rings is 2. The van der Waals surface area contributed by atoms with E-state index in [9.17, 15) is 14.9 Å². The van der Waals surface area contributed by atoms with E-state index in [0.717, 1.165) is 0 Å². The molecule has 11 heteroatoms. The van der Waals surface area contributed by atoms with Crippen LogP contribution in [0.25, 0.3) is 0 Å². The van der Waals surface area contributed by atoms with Crippen molar-refractivity contribution in [3.63, 3.8) is 0 Å². The van der Waals surface area contributed by atoms with Gasteiger partial charge in [-0.25, -0.2) is 4.99 Å². The largest absolute Gasteiger partial charge is 0.369 e. The number of hydrogen-bond acceptors (Lipinski definition) is 8. The van der Waals surface area contributed by atoms with Crippen LogP contribution in [0.3, 0.4) is 0 Å². The van der Waals surface area contributed by atoms with Gasteiger partial charge in [0.25, 0.3) is 11.6 Å². The normalized spacial score (nSPS) is 16.2. The molecule has 1 amide bonds. The maximum absolute atomic E-state index is 12.4. The number of nitro groups is 1. The fourth-order valence-corrected chi connectivity index (χ4v) is 2.86. The number of carbonyl (C=O) groups excluding carboxylic acids is 1. The van der Waals surface area contributed by atoms with Gasteiger partial charge in [0.1, 0.15) is 6.17 Å². The number of nitro benzene ring substituents is 1. The number of nitrogens with one attached hydrogen (secondary N) is 1. The van der Waals surface area contributed by atoms with Crippen LogP contribution in [0.2, 0.25) is 5.02 Å². The molecule has 28 heavy (non-hydrogen) atoms. The smallest absolute Gasteiger partial charge is 0.270 e. The molecule has 2 aromatic carbocycles. The minimum Gasteiger partial charge on any atom is -0.369 e. The first-order valence-electron chi connectivity index (χ1n) is 8.10. The summed E-state index contributed by atoms with van der Waals surface area (Å²) in [6, 6.07) is 12.3. The van der Waals surface area contributed by atoms with Crippen molar-refractivity contribution in [2.24, 2.45) is 21.5 Å². The Morgan fingerprint density at radius 3 is 2.71 bits per heavy atom. The maximum atomic E-state index is 12.4. The SMILES string of the molecule is NC1=NC(CNC(=O)c2cccc([N+](=O)[O-])c2)N(c2cccc(Cl)c2)C(N)=N1. The summed E-state index contributed by atoms with van der Waals surface area (Å²) in [6.45, 7) is 0.0327. The predicted molar refractivity (Wildman–Crippen MR) is 106 cm³/mol. The Hall–Kier alpha value is -3.66. The Bertz CT molecular complexity index is 992. The van der Waals surface area contributed by atoms with Crippen molar-refractivity contribution >= 4 is 40.8 Å². The second-order valence-corrected chi connectivity index (χ2v) is 6.24. The van der Waals surface area contributed by atoms with Crippen molar-refractivity contribution in [3.05, 3.63) is 69.2 Å². The molecule has 10 nitrogen and oxygen atoms in total. The van der Waals surface area contributed by atoms with E-state index in [-0.39, 0.29) is 29.7 Å². The fraction of sp³-hybridized carbons (Fsp3) is 0.118. The van der Waals surface area contributed by atoms with E-state index in [1.165, 1.54) is 24.3 Å². The number of rotatable bonds is 5. The lowest BCUT2D eigenvalue weighted by molar-refractivity contribution is -0.384. The number of halogens is 1. The Morgan fingerprint density at radius 2 is 2.00 bits per heavy atom. The summed E-state index contributed by atoms with van der Waals surface area (Å²) in [5.74, 6) is -0.417. The molecule has 0 aliphatic carbocycles. The average molecular weight is 402 g/mol. The van der Waals surface area contributed by atoms with Gasteiger partial charge in [-0.2, -0.15) is 4.99 Å². The van der Waals surface area contributed by atoms with E-state index < -0.39 is 17.0 Å². The van der Waals surface area contributed by atoms with Crippen molar-refractivity contribution in [1.82, 2.24) is 5.32 Å². The van der Waals surface area contributed by atoms with E-state index in [1.807, 2.05) is 0 Å².